The van der Waals surface area contributed by atoms with Crippen molar-refractivity contribution in [2.24, 2.45) is 0 Å². The van der Waals surface area contributed by atoms with Crippen molar-refractivity contribution in [1.29, 1.82) is 0 Å². The van der Waals surface area contributed by atoms with E-state index in [1.165, 1.54) is 16.5 Å². The van der Waals surface area contributed by atoms with Gasteiger partial charge in [0, 0.05) is 11.2 Å². The standard InChI is InChI=1S/C16H14N4OS.C3H8/c21-8-7-17-15-5-6-16-18-10-12(20(16)19-15)14-9-11-3-1-2-4-13(11)22-14;1-3-2/h1-6,9-10,21H,7-8H2,(H,17,19);3H2,1-2H3. The molecule has 5 nitrogen and oxygen atoms in total. The minimum Gasteiger partial charge on any atom is -0.395 e. The Balaban J connectivity index is 0.000000569. The van der Waals surface area contributed by atoms with Crippen molar-refractivity contribution in [3.8, 4) is 10.6 Å². The molecule has 3 heterocycles. The molecular formula is C19H22N4OS. The highest BCUT2D eigenvalue weighted by molar-refractivity contribution is 7.22. The molecule has 0 saturated heterocycles. The van der Waals surface area contributed by atoms with Crippen LogP contribution in [0.3, 0.4) is 0 Å². The lowest BCUT2D eigenvalue weighted by molar-refractivity contribution is 0.311. The number of hydrogen-bond donors (Lipinski definition) is 2. The molecule has 0 radical (unpaired) electrons. The molecule has 130 valence electrons. The van der Waals surface area contributed by atoms with Crippen molar-refractivity contribution >= 4 is 32.9 Å². The van der Waals surface area contributed by atoms with Crippen LogP contribution in [0.25, 0.3) is 26.3 Å². The van der Waals surface area contributed by atoms with E-state index in [4.69, 9.17) is 5.11 Å². The Morgan fingerprint density at radius 2 is 1.96 bits per heavy atom. The number of aliphatic hydroxyl groups excluding tert-OH is 1. The molecule has 0 atom stereocenters. The van der Waals surface area contributed by atoms with E-state index >= 15 is 0 Å². The van der Waals surface area contributed by atoms with Gasteiger partial charge in [0.25, 0.3) is 0 Å². The summed E-state index contributed by atoms with van der Waals surface area (Å²) in [4.78, 5) is 5.56. The number of thiophene rings is 1. The topological polar surface area (TPSA) is 62.5 Å². The van der Waals surface area contributed by atoms with Crippen molar-refractivity contribution in [2.45, 2.75) is 20.3 Å². The number of rotatable bonds is 4. The summed E-state index contributed by atoms with van der Waals surface area (Å²) >= 11 is 1.73. The Labute approximate surface area is 151 Å². The van der Waals surface area contributed by atoms with Crippen molar-refractivity contribution in [2.75, 3.05) is 18.5 Å². The molecule has 0 amide bonds. The highest BCUT2D eigenvalue weighted by atomic mass is 32.1. The lowest BCUT2D eigenvalue weighted by atomic mass is 10.2. The van der Waals surface area contributed by atoms with Gasteiger partial charge in [-0.25, -0.2) is 9.50 Å². The number of fused-ring (bicyclic) bond motifs is 2. The van der Waals surface area contributed by atoms with Crippen LogP contribution in [0.2, 0.25) is 0 Å². The summed E-state index contributed by atoms with van der Waals surface area (Å²) in [5.41, 5.74) is 1.78. The van der Waals surface area contributed by atoms with Crippen molar-refractivity contribution in [1.82, 2.24) is 14.6 Å². The summed E-state index contributed by atoms with van der Waals surface area (Å²) in [7, 11) is 0. The quantitative estimate of drug-likeness (QED) is 0.569. The van der Waals surface area contributed by atoms with E-state index in [0.29, 0.717) is 6.54 Å². The van der Waals surface area contributed by atoms with E-state index in [1.54, 1.807) is 11.3 Å². The average Bonchev–Trinajstić information content (AvgIpc) is 3.23. The molecular weight excluding hydrogens is 332 g/mol. The Morgan fingerprint density at radius 1 is 1.16 bits per heavy atom. The van der Waals surface area contributed by atoms with Gasteiger partial charge in [-0.3, -0.25) is 0 Å². The van der Waals surface area contributed by atoms with E-state index in [9.17, 15) is 0 Å². The third-order valence-corrected chi connectivity index (χ3v) is 4.60. The molecule has 3 aromatic heterocycles. The summed E-state index contributed by atoms with van der Waals surface area (Å²) in [6.45, 7) is 4.80. The first kappa shape index (κ1) is 17.4. The van der Waals surface area contributed by atoms with E-state index in [0.717, 1.165) is 22.0 Å². The number of nitrogens with one attached hydrogen (secondary N) is 1. The van der Waals surface area contributed by atoms with Crippen LogP contribution in [0.1, 0.15) is 20.3 Å². The third-order valence-electron chi connectivity index (χ3n) is 3.46. The normalized spacial score (nSPS) is 10.7. The molecule has 0 spiro atoms. The smallest absolute Gasteiger partial charge is 0.154 e. The number of nitrogens with zero attached hydrogens (tertiary/aromatic N) is 3. The molecule has 0 aliphatic carbocycles. The minimum atomic E-state index is 0.0762. The van der Waals surface area contributed by atoms with Crippen molar-refractivity contribution in [3.63, 3.8) is 0 Å². The van der Waals surface area contributed by atoms with Gasteiger partial charge in [0.05, 0.1) is 17.7 Å². The van der Waals surface area contributed by atoms with Gasteiger partial charge in [0.1, 0.15) is 11.5 Å². The lowest BCUT2D eigenvalue weighted by Gasteiger charge is -2.04. The molecule has 0 saturated carbocycles. The second-order valence-electron chi connectivity index (χ2n) is 5.64. The van der Waals surface area contributed by atoms with E-state index in [2.05, 4.69) is 47.4 Å². The third kappa shape index (κ3) is 3.81. The predicted molar refractivity (Wildman–Crippen MR) is 105 cm³/mol. The zero-order valence-corrected chi connectivity index (χ0v) is 15.3. The van der Waals surface area contributed by atoms with Crippen LogP contribution in [0.15, 0.2) is 48.7 Å². The van der Waals surface area contributed by atoms with Crippen LogP contribution < -0.4 is 5.32 Å². The van der Waals surface area contributed by atoms with E-state index < -0.39 is 0 Å². The summed E-state index contributed by atoms with van der Waals surface area (Å²) in [5.74, 6) is 0.724. The van der Waals surface area contributed by atoms with Gasteiger partial charge in [-0.05, 0) is 29.7 Å². The largest absolute Gasteiger partial charge is 0.395 e. The number of benzene rings is 1. The minimum absolute atomic E-state index is 0.0762. The SMILES string of the molecule is CCC.OCCNc1ccc2ncc(-c3cc4ccccc4s3)n2n1. The van der Waals surface area contributed by atoms with Crippen LogP contribution >= 0.6 is 11.3 Å². The number of aliphatic hydroxyl groups is 1. The zero-order valence-electron chi connectivity index (χ0n) is 14.4. The fourth-order valence-corrected chi connectivity index (χ4v) is 3.49. The molecule has 0 aliphatic rings. The fourth-order valence-electron chi connectivity index (χ4n) is 2.43. The second-order valence-corrected chi connectivity index (χ2v) is 6.72. The molecule has 6 heteroatoms. The number of anilines is 1. The van der Waals surface area contributed by atoms with Gasteiger partial charge < -0.3 is 10.4 Å². The molecule has 2 N–H and O–H groups in total. The number of aromatic nitrogens is 3. The first-order valence-corrected chi connectivity index (χ1v) is 9.27. The molecule has 25 heavy (non-hydrogen) atoms. The fraction of sp³-hybridized carbons (Fsp3) is 0.263. The Hall–Kier alpha value is -2.44. The van der Waals surface area contributed by atoms with Gasteiger partial charge >= 0.3 is 0 Å². The van der Waals surface area contributed by atoms with Gasteiger partial charge in [-0.15, -0.1) is 16.4 Å². The number of hydrogen-bond acceptors (Lipinski definition) is 5. The first-order valence-electron chi connectivity index (χ1n) is 8.45. The summed E-state index contributed by atoms with van der Waals surface area (Å²) in [6.07, 6.45) is 3.10. The molecule has 0 fully saturated rings. The van der Waals surface area contributed by atoms with Gasteiger partial charge in [-0.1, -0.05) is 38.5 Å². The van der Waals surface area contributed by atoms with Crippen LogP contribution in [0.4, 0.5) is 5.82 Å². The van der Waals surface area contributed by atoms with E-state index in [-0.39, 0.29) is 6.61 Å². The van der Waals surface area contributed by atoms with Gasteiger partial charge in [-0.2, -0.15) is 0 Å². The molecule has 0 bridgehead atoms. The Kier molecular flexibility index (Phi) is 5.63. The molecule has 4 aromatic rings. The highest BCUT2D eigenvalue weighted by Crippen LogP contribution is 2.33. The number of imidazole rings is 1. The summed E-state index contributed by atoms with van der Waals surface area (Å²) < 4.78 is 3.09. The van der Waals surface area contributed by atoms with Crippen molar-refractivity contribution in [3.05, 3.63) is 48.7 Å². The maximum Gasteiger partial charge on any atom is 0.154 e. The summed E-state index contributed by atoms with van der Waals surface area (Å²) in [5, 5.41) is 17.8. The van der Waals surface area contributed by atoms with Crippen LogP contribution in [0, 0.1) is 0 Å². The summed E-state index contributed by atoms with van der Waals surface area (Å²) in [6, 6.07) is 14.3. The zero-order chi connectivity index (χ0) is 17.6. The highest BCUT2D eigenvalue weighted by Gasteiger charge is 2.11. The van der Waals surface area contributed by atoms with Crippen LogP contribution in [-0.2, 0) is 0 Å². The first-order chi connectivity index (χ1) is 12.3. The Bertz CT molecular complexity index is 927. The van der Waals surface area contributed by atoms with Crippen LogP contribution in [-0.4, -0.2) is 32.9 Å². The van der Waals surface area contributed by atoms with Gasteiger partial charge in [0.15, 0.2) is 5.65 Å². The molecule has 0 unspecified atom stereocenters. The van der Waals surface area contributed by atoms with E-state index in [1.807, 2.05) is 35.0 Å². The maximum absolute atomic E-state index is 8.91. The Morgan fingerprint density at radius 3 is 2.72 bits per heavy atom. The monoisotopic (exact) mass is 354 g/mol. The molecule has 1 aromatic carbocycles. The lowest BCUT2D eigenvalue weighted by Crippen LogP contribution is -2.08. The predicted octanol–water partition coefficient (Wildman–Crippen LogP) is 4.43. The van der Waals surface area contributed by atoms with Crippen molar-refractivity contribution < 1.29 is 5.11 Å². The average molecular weight is 354 g/mol. The maximum atomic E-state index is 8.91. The molecule has 4 rings (SSSR count). The molecule has 0 aliphatic heterocycles. The van der Waals surface area contributed by atoms with Crippen LogP contribution in [0.5, 0.6) is 0 Å². The van der Waals surface area contributed by atoms with Gasteiger partial charge in [0.2, 0.25) is 0 Å². The second kappa shape index (κ2) is 8.09.